The molecule has 1 aromatic rings. The van der Waals surface area contributed by atoms with Crippen molar-refractivity contribution in [1.82, 2.24) is 21.3 Å². The molecule has 2 aliphatic rings. The van der Waals surface area contributed by atoms with Crippen molar-refractivity contribution in [3.63, 3.8) is 0 Å². The molecule has 0 unspecified atom stereocenters. The maximum atomic E-state index is 13.6. The molecule has 4 atom stereocenters. The van der Waals surface area contributed by atoms with Crippen LogP contribution in [0.5, 0.6) is 5.75 Å². The van der Waals surface area contributed by atoms with Crippen LogP contribution in [0.15, 0.2) is 41.4 Å². The van der Waals surface area contributed by atoms with Crippen molar-refractivity contribution >= 4 is 35.5 Å². The highest BCUT2D eigenvalue weighted by molar-refractivity contribution is 6.02. The highest BCUT2D eigenvalue weighted by Crippen LogP contribution is 2.26. The first-order valence-corrected chi connectivity index (χ1v) is 23.1. The third-order valence-electron chi connectivity index (χ3n) is 11.2. The molecule has 3 rings (SSSR count). The van der Waals surface area contributed by atoms with Crippen molar-refractivity contribution in [3.8, 4) is 5.75 Å². The summed E-state index contributed by atoms with van der Waals surface area (Å²) in [5, 5.41) is 21.5. The Balaban J connectivity index is 1.39. The summed E-state index contributed by atoms with van der Waals surface area (Å²) < 4.78 is 11.4. The van der Waals surface area contributed by atoms with Crippen molar-refractivity contribution in [3.05, 3.63) is 42.0 Å². The van der Waals surface area contributed by atoms with E-state index in [2.05, 4.69) is 33.2 Å². The quantitative estimate of drug-likeness (QED) is 0.0298. The van der Waals surface area contributed by atoms with E-state index in [0.717, 1.165) is 25.7 Å². The van der Waals surface area contributed by atoms with Crippen molar-refractivity contribution in [2.75, 3.05) is 19.7 Å². The summed E-state index contributed by atoms with van der Waals surface area (Å²) in [4.78, 5) is 69.1. The van der Waals surface area contributed by atoms with Gasteiger partial charge in [0.15, 0.2) is 5.54 Å². The third-order valence-corrected chi connectivity index (χ3v) is 11.2. The number of rotatable bonds is 30. The van der Waals surface area contributed by atoms with Gasteiger partial charge in [-0.2, -0.15) is 0 Å². The molecule has 1 saturated heterocycles. The van der Waals surface area contributed by atoms with Gasteiger partial charge in [-0.1, -0.05) is 115 Å². The summed E-state index contributed by atoms with van der Waals surface area (Å²) in [5.41, 5.74) is -1.03. The number of aromatic hydroxyl groups is 1. The number of esters is 1. The van der Waals surface area contributed by atoms with Crippen LogP contribution in [-0.4, -0.2) is 84.0 Å². The largest absolute Gasteiger partial charge is 0.507 e. The summed E-state index contributed by atoms with van der Waals surface area (Å²) in [5.74, 6) is -2.01. The molecule has 0 radical (unpaired) electrons. The van der Waals surface area contributed by atoms with Gasteiger partial charge < -0.3 is 35.8 Å². The average molecular weight is 838 g/mol. The van der Waals surface area contributed by atoms with E-state index >= 15 is 0 Å². The van der Waals surface area contributed by atoms with Crippen LogP contribution in [-0.2, 0) is 33.4 Å². The lowest BCUT2D eigenvalue weighted by Crippen LogP contribution is -2.51. The summed E-state index contributed by atoms with van der Waals surface area (Å²) in [6.07, 6.45) is 26.6. The molecular weight excluding hydrogens is 763 g/mol. The van der Waals surface area contributed by atoms with Crippen molar-refractivity contribution in [2.24, 2.45) is 4.99 Å². The second-order valence-electron chi connectivity index (χ2n) is 16.8. The molecule has 0 aromatic heterocycles. The fourth-order valence-corrected chi connectivity index (χ4v) is 7.45. The molecule has 60 heavy (non-hydrogen) atoms. The van der Waals surface area contributed by atoms with E-state index in [1.165, 1.54) is 96.0 Å². The van der Waals surface area contributed by atoms with Crippen LogP contribution >= 0.6 is 0 Å². The van der Waals surface area contributed by atoms with E-state index in [0.29, 0.717) is 37.9 Å². The van der Waals surface area contributed by atoms with Gasteiger partial charge in [0, 0.05) is 13.1 Å². The van der Waals surface area contributed by atoms with Gasteiger partial charge in [-0.15, -0.1) is 0 Å². The molecule has 1 fully saturated rings. The molecule has 2 heterocycles. The van der Waals surface area contributed by atoms with Crippen LogP contribution in [0.3, 0.4) is 0 Å². The number of ether oxygens (including phenoxy) is 2. The Labute approximate surface area is 359 Å². The SMILES string of the molecule is CCCCCCCCCCCCCCCCCC=CC(=O)NCCCC[C@H](NC(=O)[C@]1(C)COC(c2ccccc2O)=N1)C(=O)O[C@H](C)CC(=O)N[C@H]1CCCCNC1=O. The van der Waals surface area contributed by atoms with Gasteiger partial charge >= 0.3 is 5.97 Å². The van der Waals surface area contributed by atoms with E-state index in [-0.39, 0.29) is 42.9 Å². The number of amides is 4. The number of hydrogen-bond donors (Lipinski definition) is 5. The summed E-state index contributed by atoms with van der Waals surface area (Å²) >= 11 is 0. The lowest BCUT2D eigenvalue weighted by Gasteiger charge is -2.24. The molecule has 13 nitrogen and oxygen atoms in total. The lowest BCUT2D eigenvalue weighted by molar-refractivity contribution is -0.154. The molecule has 0 aliphatic carbocycles. The van der Waals surface area contributed by atoms with Gasteiger partial charge in [0.25, 0.3) is 5.91 Å². The van der Waals surface area contributed by atoms with Crippen LogP contribution in [0, 0.1) is 0 Å². The lowest BCUT2D eigenvalue weighted by atomic mass is 10.0. The molecule has 0 spiro atoms. The second kappa shape index (κ2) is 28.9. The molecule has 13 heteroatoms. The first kappa shape index (κ1) is 49.9. The third kappa shape index (κ3) is 19.8. The van der Waals surface area contributed by atoms with Crippen LogP contribution in [0.1, 0.15) is 174 Å². The number of carbonyl (C=O) groups excluding carboxylic acids is 5. The number of aliphatic imine (C=N–C) groups is 1. The van der Waals surface area contributed by atoms with Gasteiger partial charge in [-0.25, -0.2) is 9.79 Å². The molecular formula is C47H75N5O8. The zero-order valence-electron chi connectivity index (χ0n) is 36.8. The molecule has 336 valence electrons. The smallest absolute Gasteiger partial charge is 0.328 e. The van der Waals surface area contributed by atoms with Gasteiger partial charge in [0.2, 0.25) is 23.6 Å². The van der Waals surface area contributed by atoms with E-state index in [1.54, 1.807) is 38.1 Å². The Bertz CT molecular complexity index is 1530. The number of allylic oxidation sites excluding steroid dienone is 1. The second-order valence-corrected chi connectivity index (χ2v) is 16.8. The first-order valence-electron chi connectivity index (χ1n) is 23.1. The van der Waals surface area contributed by atoms with Gasteiger partial charge in [0.05, 0.1) is 12.0 Å². The predicted octanol–water partition coefficient (Wildman–Crippen LogP) is 7.62. The summed E-state index contributed by atoms with van der Waals surface area (Å²) in [6.45, 7) is 6.29. The minimum Gasteiger partial charge on any atom is -0.507 e. The molecule has 1 aromatic carbocycles. The average Bonchev–Trinajstić information content (AvgIpc) is 3.52. The Morgan fingerprint density at radius 1 is 0.933 bits per heavy atom. The van der Waals surface area contributed by atoms with Crippen LogP contribution in [0.25, 0.3) is 0 Å². The first-order chi connectivity index (χ1) is 29.0. The number of carbonyl (C=O) groups is 5. The standard InChI is InChI=1S/C47H75N5O8/c1-4-5-6-7-8-9-10-11-12-13-14-15-16-17-18-19-20-31-41(54)48-32-25-24-29-39(45(57)60-36(2)34-42(55)50-38-28-23-26-33-49-43(38)56)51-46(58)47(3)35-59-44(52-47)37-27-21-22-30-40(37)53/h20-22,27,30-31,36,38-39,53H,4-19,23-26,28-29,32-35H2,1-3H3,(H,48,54)(H,49,56)(H,50,55)(H,51,58)/t36-,38+,39+,47+/m1/s1. The van der Waals surface area contributed by atoms with Crippen molar-refractivity contribution in [1.29, 1.82) is 0 Å². The fourth-order valence-electron chi connectivity index (χ4n) is 7.45. The molecule has 2 aliphatic heterocycles. The molecule has 0 saturated carbocycles. The van der Waals surface area contributed by atoms with Gasteiger partial charge in [0.1, 0.15) is 30.5 Å². The van der Waals surface area contributed by atoms with Gasteiger partial charge in [-0.3, -0.25) is 19.2 Å². The normalized spacial score (nSPS) is 18.8. The number of unbranched alkanes of at least 4 members (excludes halogenated alkanes) is 16. The minimum atomic E-state index is -1.38. The van der Waals surface area contributed by atoms with E-state index < -0.39 is 41.5 Å². The highest BCUT2D eigenvalue weighted by Gasteiger charge is 2.42. The Kier molecular flexibility index (Phi) is 24.1. The number of phenols is 1. The van der Waals surface area contributed by atoms with Crippen LogP contribution in [0.2, 0.25) is 0 Å². The molecule has 5 N–H and O–H groups in total. The monoisotopic (exact) mass is 838 g/mol. The zero-order valence-corrected chi connectivity index (χ0v) is 36.8. The Morgan fingerprint density at radius 3 is 2.25 bits per heavy atom. The van der Waals surface area contributed by atoms with E-state index in [9.17, 15) is 29.1 Å². The number of phenolic OH excluding ortho intramolecular Hbond substituents is 1. The Hall–Kier alpha value is -4.42. The number of nitrogens with one attached hydrogen (secondary N) is 4. The van der Waals surface area contributed by atoms with Crippen molar-refractivity contribution < 1.29 is 38.6 Å². The number of benzene rings is 1. The highest BCUT2D eigenvalue weighted by atomic mass is 16.5. The van der Waals surface area contributed by atoms with Crippen LogP contribution < -0.4 is 21.3 Å². The van der Waals surface area contributed by atoms with E-state index in [1.807, 2.05) is 6.08 Å². The number of hydrogen-bond acceptors (Lipinski definition) is 9. The maximum absolute atomic E-state index is 13.6. The van der Waals surface area contributed by atoms with Crippen molar-refractivity contribution in [2.45, 2.75) is 192 Å². The Morgan fingerprint density at radius 2 is 1.58 bits per heavy atom. The van der Waals surface area contributed by atoms with E-state index in [4.69, 9.17) is 9.47 Å². The van der Waals surface area contributed by atoms with Crippen LogP contribution in [0.4, 0.5) is 0 Å². The topological polar surface area (TPSA) is 185 Å². The number of para-hydroxylation sites is 1. The minimum absolute atomic E-state index is 0.0390. The number of nitrogens with zero attached hydrogens (tertiary/aromatic N) is 1. The fraction of sp³-hybridized carbons (Fsp3) is 0.702. The zero-order chi connectivity index (χ0) is 43.4. The predicted molar refractivity (Wildman–Crippen MR) is 235 cm³/mol. The summed E-state index contributed by atoms with van der Waals surface area (Å²) in [6, 6.07) is 4.81. The molecule has 4 amide bonds. The summed E-state index contributed by atoms with van der Waals surface area (Å²) in [7, 11) is 0. The van der Waals surface area contributed by atoms with Gasteiger partial charge in [-0.05, 0) is 83.4 Å². The maximum Gasteiger partial charge on any atom is 0.328 e. The molecule has 0 bridgehead atoms.